The summed E-state index contributed by atoms with van der Waals surface area (Å²) in [6, 6.07) is 19.6. The highest BCUT2D eigenvalue weighted by atomic mass is 16.6. The average molecular weight is 437 g/mol. The van der Waals surface area contributed by atoms with Crippen molar-refractivity contribution >= 4 is 17.5 Å². The van der Waals surface area contributed by atoms with Gasteiger partial charge in [-0.3, -0.25) is 4.90 Å². The molecule has 32 heavy (non-hydrogen) atoms. The van der Waals surface area contributed by atoms with Gasteiger partial charge in [0.25, 0.3) is 0 Å². The Labute approximate surface area is 192 Å². The Morgan fingerprint density at radius 1 is 0.750 bits per heavy atom. The highest BCUT2D eigenvalue weighted by Gasteiger charge is 2.26. The zero-order valence-electron chi connectivity index (χ0n) is 19.7. The predicted octanol–water partition coefficient (Wildman–Crippen LogP) is 4.07. The van der Waals surface area contributed by atoms with Gasteiger partial charge in [-0.1, -0.05) is 30.3 Å². The molecule has 0 atom stereocenters. The van der Waals surface area contributed by atoms with Crippen molar-refractivity contribution in [1.82, 2.24) is 9.80 Å². The van der Waals surface area contributed by atoms with Crippen molar-refractivity contribution in [2.24, 2.45) is 0 Å². The van der Waals surface area contributed by atoms with Crippen LogP contribution in [0.5, 0.6) is 0 Å². The van der Waals surface area contributed by atoms with Crippen molar-refractivity contribution < 1.29 is 9.53 Å². The summed E-state index contributed by atoms with van der Waals surface area (Å²) >= 11 is 0. The third kappa shape index (κ3) is 5.94. The van der Waals surface area contributed by atoms with E-state index in [4.69, 9.17) is 4.74 Å². The van der Waals surface area contributed by atoms with Crippen LogP contribution in [0.4, 0.5) is 16.2 Å². The molecule has 0 aliphatic carbocycles. The molecule has 0 spiro atoms. The fourth-order valence-corrected chi connectivity index (χ4v) is 4.35. The number of benzene rings is 2. The summed E-state index contributed by atoms with van der Waals surface area (Å²) in [5, 5.41) is 0. The maximum absolute atomic E-state index is 12.3. The second kappa shape index (κ2) is 9.82. The van der Waals surface area contributed by atoms with Gasteiger partial charge in [-0.25, -0.2) is 4.79 Å². The van der Waals surface area contributed by atoms with Gasteiger partial charge < -0.3 is 19.4 Å². The predicted molar refractivity (Wildman–Crippen MR) is 130 cm³/mol. The summed E-state index contributed by atoms with van der Waals surface area (Å²) in [5.74, 6) is 0. The number of anilines is 2. The first-order valence-corrected chi connectivity index (χ1v) is 11.7. The molecule has 2 heterocycles. The Hall–Kier alpha value is -2.73. The summed E-state index contributed by atoms with van der Waals surface area (Å²) in [7, 11) is 0. The molecular weight excluding hydrogens is 400 g/mol. The van der Waals surface area contributed by atoms with E-state index in [1.807, 2.05) is 25.7 Å². The van der Waals surface area contributed by atoms with Crippen LogP contribution in [0.25, 0.3) is 0 Å². The van der Waals surface area contributed by atoms with E-state index in [2.05, 4.69) is 69.3 Å². The lowest BCUT2D eigenvalue weighted by Crippen LogP contribution is -2.50. The lowest BCUT2D eigenvalue weighted by atomic mass is 10.1. The lowest BCUT2D eigenvalue weighted by molar-refractivity contribution is 0.0240. The molecule has 2 aromatic carbocycles. The molecule has 0 aromatic heterocycles. The third-order valence-corrected chi connectivity index (χ3v) is 6.13. The molecule has 0 saturated carbocycles. The minimum absolute atomic E-state index is 0.209. The van der Waals surface area contributed by atoms with E-state index in [-0.39, 0.29) is 6.09 Å². The van der Waals surface area contributed by atoms with Gasteiger partial charge in [0.1, 0.15) is 5.60 Å². The molecule has 2 saturated heterocycles. The van der Waals surface area contributed by atoms with Gasteiger partial charge >= 0.3 is 6.09 Å². The van der Waals surface area contributed by atoms with Crippen molar-refractivity contribution in [3.63, 3.8) is 0 Å². The molecule has 1 amide bonds. The summed E-state index contributed by atoms with van der Waals surface area (Å²) in [4.78, 5) is 21.4. The Kier molecular flexibility index (Phi) is 6.89. The van der Waals surface area contributed by atoms with Crippen LogP contribution in [-0.4, -0.2) is 73.9 Å². The van der Waals surface area contributed by atoms with Crippen LogP contribution in [0.3, 0.4) is 0 Å². The van der Waals surface area contributed by atoms with Crippen molar-refractivity contribution in [3.05, 3.63) is 60.2 Å². The molecule has 2 aliphatic heterocycles. The van der Waals surface area contributed by atoms with Crippen LogP contribution in [0, 0.1) is 0 Å². The zero-order valence-corrected chi connectivity index (χ0v) is 19.7. The van der Waals surface area contributed by atoms with E-state index in [1.165, 1.54) is 16.9 Å². The molecule has 0 unspecified atom stereocenters. The lowest BCUT2D eigenvalue weighted by Gasteiger charge is -2.38. The first kappa shape index (κ1) is 22.5. The molecule has 172 valence electrons. The molecule has 2 aromatic rings. The molecule has 0 radical (unpaired) electrons. The monoisotopic (exact) mass is 436 g/mol. The van der Waals surface area contributed by atoms with E-state index < -0.39 is 5.60 Å². The van der Waals surface area contributed by atoms with Crippen molar-refractivity contribution in [1.29, 1.82) is 0 Å². The summed E-state index contributed by atoms with van der Waals surface area (Å²) in [5.41, 5.74) is 3.45. The second-order valence-corrected chi connectivity index (χ2v) is 9.72. The first-order chi connectivity index (χ1) is 15.4. The topological polar surface area (TPSA) is 39.3 Å². The van der Waals surface area contributed by atoms with Gasteiger partial charge in [0.05, 0.1) is 0 Å². The maximum Gasteiger partial charge on any atom is 0.410 e. The fraction of sp³-hybridized carbons (Fsp3) is 0.500. The maximum atomic E-state index is 12.3. The third-order valence-electron chi connectivity index (χ3n) is 6.13. The minimum Gasteiger partial charge on any atom is -0.444 e. The largest absolute Gasteiger partial charge is 0.444 e. The molecule has 0 N–H and O–H groups in total. The fourth-order valence-electron chi connectivity index (χ4n) is 4.35. The van der Waals surface area contributed by atoms with Gasteiger partial charge in [-0.05, 0) is 50.6 Å². The van der Waals surface area contributed by atoms with E-state index in [9.17, 15) is 4.79 Å². The van der Waals surface area contributed by atoms with E-state index in [1.54, 1.807) is 0 Å². The number of hydrogen-bond acceptors (Lipinski definition) is 5. The van der Waals surface area contributed by atoms with Crippen molar-refractivity contribution in [3.8, 4) is 0 Å². The van der Waals surface area contributed by atoms with Crippen LogP contribution >= 0.6 is 0 Å². The number of carbonyl (C=O) groups excluding carboxylic acids is 1. The number of rotatable bonds is 4. The summed E-state index contributed by atoms with van der Waals surface area (Å²) < 4.78 is 5.50. The van der Waals surface area contributed by atoms with Crippen LogP contribution in [0.15, 0.2) is 54.6 Å². The minimum atomic E-state index is -0.447. The van der Waals surface area contributed by atoms with Crippen LogP contribution < -0.4 is 9.80 Å². The van der Waals surface area contributed by atoms with E-state index >= 15 is 0 Å². The number of amides is 1. The van der Waals surface area contributed by atoms with Crippen LogP contribution in [-0.2, 0) is 11.3 Å². The summed E-state index contributed by atoms with van der Waals surface area (Å²) in [6.45, 7) is 14.1. The average Bonchev–Trinajstić information content (AvgIpc) is 2.79. The molecule has 4 rings (SSSR count). The van der Waals surface area contributed by atoms with Gasteiger partial charge in [0.2, 0.25) is 0 Å². The van der Waals surface area contributed by atoms with Gasteiger partial charge in [0, 0.05) is 70.3 Å². The molecule has 2 fully saturated rings. The van der Waals surface area contributed by atoms with E-state index in [0.717, 1.165) is 45.8 Å². The van der Waals surface area contributed by atoms with E-state index in [0.29, 0.717) is 13.1 Å². The summed E-state index contributed by atoms with van der Waals surface area (Å²) in [6.07, 6.45) is -0.209. The Balaban J connectivity index is 1.25. The van der Waals surface area contributed by atoms with Crippen LogP contribution in [0.2, 0.25) is 0 Å². The van der Waals surface area contributed by atoms with Gasteiger partial charge in [-0.15, -0.1) is 0 Å². The van der Waals surface area contributed by atoms with Crippen LogP contribution in [0.1, 0.15) is 26.3 Å². The SMILES string of the molecule is CC(C)(C)OC(=O)N1CCN(c2ccc(N3CCN(Cc4ccccc4)CC3)cc2)CC1. The molecular formula is C26H36N4O2. The molecule has 0 bridgehead atoms. The molecule has 6 nitrogen and oxygen atoms in total. The van der Waals surface area contributed by atoms with Gasteiger partial charge in [-0.2, -0.15) is 0 Å². The Morgan fingerprint density at radius 3 is 1.75 bits per heavy atom. The normalized spacial score (nSPS) is 18.0. The number of carbonyl (C=O) groups is 1. The zero-order chi connectivity index (χ0) is 22.6. The highest BCUT2D eigenvalue weighted by Crippen LogP contribution is 2.24. The highest BCUT2D eigenvalue weighted by molar-refractivity contribution is 5.68. The quantitative estimate of drug-likeness (QED) is 0.723. The van der Waals surface area contributed by atoms with Crippen molar-refractivity contribution in [2.45, 2.75) is 32.9 Å². The number of piperazine rings is 2. The number of hydrogen-bond donors (Lipinski definition) is 0. The Morgan fingerprint density at radius 2 is 1.25 bits per heavy atom. The van der Waals surface area contributed by atoms with Crippen molar-refractivity contribution in [2.75, 3.05) is 62.2 Å². The number of ether oxygens (including phenoxy) is 1. The smallest absolute Gasteiger partial charge is 0.410 e. The first-order valence-electron chi connectivity index (χ1n) is 11.7. The second-order valence-electron chi connectivity index (χ2n) is 9.72. The standard InChI is InChI=1S/C26H36N4O2/c1-26(2,3)32-25(31)30-19-17-29(18-20-30)24-11-9-23(10-12-24)28-15-13-27(14-16-28)21-22-7-5-4-6-8-22/h4-12H,13-21H2,1-3H3. The Bertz CT molecular complexity index is 863. The molecule has 6 heteroatoms. The number of nitrogens with zero attached hydrogens (tertiary/aromatic N) is 4. The molecule has 2 aliphatic rings. The van der Waals surface area contributed by atoms with Gasteiger partial charge in [0.15, 0.2) is 0 Å².